The second-order valence-electron chi connectivity index (χ2n) is 6.88. The number of nitrogens with zero attached hydrogens (tertiary/aromatic N) is 3. The highest BCUT2D eigenvalue weighted by Crippen LogP contribution is 2.60. The summed E-state index contributed by atoms with van der Waals surface area (Å²) in [6.45, 7) is 2.84. The van der Waals surface area contributed by atoms with Crippen LogP contribution in [0.2, 0.25) is 0 Å². The van der Waals surface area contributed by atoms with Gasteiger partial charge >= 0.3 is 0 Å². The molecule has 2 saturated carbocycles. The molecule has 4 rings (SSSR count). The molecule has 6 nitrogen and oxygen atoms in total. The standard InChI is InChI=1S/C15H23N5O/c21-14(17-10-15(5-6-15)11-1-2-11)13-9-20(19-18-13)12-3-7-16-8-4-12/h9,11-12,16H,1-8,10H2,(H,17,21). The first-order valence-electron chi connectivity index (χ1n) is 8.18. The molecular formula is C15H23N5O. The van der Waals surface area contributed by atoms with Crippen LogP contribution in [-0.4, -0.2) is 40.5 Å². The quantitative estimate of drug-likeness (QED) is 0.852. The summed E-state index contributed by atoms with van der Waals surface area (Å²) < 4.78 is 1.86. The molecule has 3 aliphatic rings. The zero-order valence-electron chi connectivity index (χ0n) is 12.3. The lowest BCUT2D eigenvalue weighted by molar-refractivity contribution is 0.0937. The molecule has 1 saturated heterocycles. The molecule has 2 N–H and O–H groups in total. The minimum atomic E-state index is -0.0675. The molecule has 1 amide bonds. The minimum Gasteiger partial charge on any atom is -0.350 e. The van der Waals surface area contributed by atoms with Crippen LogP contribution >= 0.6 is 0 Å². The Bertz CT molecular complexity index is 526. The van der Waals surface area contributed by atoms with Gasteiger partial charge in [-0.05, 0) is 62.9 Å². The fraction of sp³-hybridized carbons (Fsp3) is 0.800. The van der Waals surface area contributed by atoms with Crippen molar-refractivity contribution in [1.29, 1.82) is 0 Å². The lowest BCUT2D eigenvalue weighted by Crippen LogP contribution is -2.31. The van der Waals surface area contributed by atoms with E-state index in [1.165, 1.54) is 25.7 Å². The molecule has 1 aromatic heterocycles. The predicted octanol–water partition coefficient (Wildman–Crippen LogP) is 1.12. The van der Waals surface area contributed by atoms with E-state index in [1.54, 1.807) is 0 Å². The second-order valence-corrected chi connectivity index (χ2v) is 6.88. The van der Waals surface area contributed by atoms with E-state index in [1.807, 2.05) is 10.9 Å². The molecule has 0 radical (unpaired) electrons. The third-order valence-electron chi connectivity index (χ3n) is 5.36. The summed E-state index contributed by atoms with van der Waals surface area (Å²) in [5, 5.41) is 14.6. The van der Waals surface area contributed by atoms with Gasteiger partial charge in [0.15, 0.2) is 5.69 Å². The van der Waals surface area contributed by atoms with Crippen LogP contribution in [0.25, 0.3) is 0 Å². The summed E-state index contributed by atoms with van der Waals surface area (Å²) in [5.74, 6) is 0.797. The van der Waals surface area contributed by atoms with Gasteiger partial charge in [0.25, 0.3) is 5.91 Å². The van der Waals surface area contributed by atoms with Crippen molar-refractivity contribution in [2.24, 2.45) is 11.3 Å². The number of piperidine rings is 1. The van der Waals surface area contributed by atoms with Gasteiger partial charge in [-0.3, -0.25) is 4.79 Å². The molecule has 2 heterocycles. The maximum absolute atomic E-state index is 12.2. The second kappa shape index (κ2) is 5.09. The Balaban J connectivity index is 1.35. The van der Waals surface area contributed by atoms with E-state index in [0.717, 1.165) is 38.4 Å². The highest BCUT2D eigenvalue weighted by atomic mass is 16.2. The molecule has 0 spiro atoms. The maximum Gasteiger partial charge on any atom is 0.273 e. The van der Waals surface area contributed by atoms with Crippen molar-refractivity contribution in [3.8, 4) is 0 Å². The predicted molar refractivity (Wildman–Crippen MR) is 77.9 cm³/mol. The molecule has 114 valence electrons. The van der Waals surface area contributed by atoms with Crippen molar-refractivity contribution in [2.45, 2.75) is 44.6 Å². The van der Waals surface area contributed by atoms with E-state index in [2.05, 4.69) is 20.9 Å². The Kier molecular flexibility index (Phi) is 3.21. The lowest BCUT2D eigenvalue weighted by Gasteiger charge is -2.22. The van der Waals surface area contributed by atoms with Crippen LogP contribution in [0.5, 0.6) is 0 Å². The average Bonchev–Trinajstić information content (AvgIpc) is 3.43. The van der Waals surface area contributed by atoms with Crippen LogP contribution < -0.4 is 10.6 Å². The molecule has 1 aromatic rings. The summed E-state index contributed by atoms with van der Waals surface area (Å²) in [5.41, 5.74) is 0.890. The first-order valence-corrected chi connectivity index (χ1v) is 8.18. The Labute approximate surface area is 124 Å². The summed E-state index contributed by atoms with van der Waals surface area (Å²) in [4.78, 5) is 12.2. The molecule has 21 heavy (non-hydrogen) atoms. The Morgan fingerprint density at radius 1 is 1.33 bits per heavy atom. The van der Waals surface area contributed by atoms with Gasteiger partial charge in [-0.2, -0.15) is 0 Å². The van der Waals surface area contributed by atoms with E-state index < -0.39 is 0 Å². The average molecular weight is 289 g/mol. The Morgan fingerprint density at radius 3 is 2.76 bits per heavy atom. The molecule has 2 aliphatic carbocycles. The molecule has 0 atom stereocenters. The number of nitrogens with one attached hydrogen (secondary N) is 2. The van der Waals surface area contributed by atoms with E-state index >= 15 is 0 Å². The number of hydrogen-bond acceptors (Lipinski definition) is 4. The first-order chi connectivity index (χ1) is 10.3. The van der Waals surface area contributed by atoms with Crippen LogP contribution in [0, 0.1) is 11.3 Å². The minimum absolute atomic E-state index is 0.0675. The topological polar surface area (TPSA) is 71.8 Å². The van der Waals surface area contributed by atoms with Crippen molar-refractivity contribution < 1.29 is 4.79 Å². The first kappa shape index (κ1) is 13.2. The monoisotopic (exact) mass is 289 g/mol. The SMILES string of the molecule is O=C(NCC1(C2CC2)CC1)c1cn(C2CCNCC2)nn1. The normalized spacial score (nSPS) is 24.8. The highest BCUT2D eigenvalue weighted by molar-refractivity contribution is 5.91. The third kappa shape index (κ3) is 2.69. The van der Waals surface area contributed by atoms with Crippen molar-refractivity contribution in [2.75, 3.05) is 19.6 Å². The van der Waals surface area contributed by atoms with Gasteiger partial charge in [0.05, 0.1) is 12.2 Å². The summed E-state index contributed by atoms with van der Waals surface area (Å²) >= 11 is 0. The van der Waals surface area contributed by atoms with Crippen LogP contribution in [0.4, 0.5) is 0 Å². The molecule has 3 fully saturated rings. The summed E-state index contributed by atoms with van der Waals surface area (Å²) in [7, 11) is 0. The van der Waals surface area contributed by atoms with Crippen LogP contribution in [-0.2, 0) is 0 Å². The number of aromatic nitrogens is 3. The highest BCUT2D eigenvalue weighted by Gasteiger charge is 2.53. The molecule has 1 aliphatic heterocycles. The van der Waals surface area contributed by atoms with E-state index in [4.69, 9.17) is 0 Å². The summed E-state index contributed by atoms with van der Waals surface area (Å²) in [6.07, 6.45) is 9.16. The van der Waals surface area contributed by atoms with Gasteiger partial charge in [0, 0.05) is 6.54 Å². The number of rotatable bonds is 5. The fourth-order valence-electron chi connectivity index (χ4n) is 3.56. The zero-order chi connectivity index (χ0) is 14.3. The van der Waals surface area contributed by atoms with Crippen molar-refractivity contribution in [3.05, 3.63) is 11.9 Å². The molecule has 6 heteroatoms. The van der Waals surface area contributed by atoms with E-state index in [9.17, 15) is 4.79 Å². The van der Waals surface area contributed by atoms with Gasteiger partial charge in [0.2, 0.25) is 0 Å². The van der Waals surface area contributed by atoms with Crippen molar-refractivity contribution in [3.63, 3.8) is 0 Å². The van der Waals surface area contributed by atoms with Gasteiger partial charge in [-0.15, -0.1) is 5.10 Å². The van der Waals surface area contributed by atoms with Gasteiger partial charge < -0.3 is 10.6 Å². The zero-order valence-corrected chi connectivity index (χ0v) is 12.3. The number of hydrogen-bond donors (Lipinski definition) is 2. The van der Waals surface area contributed by atoms with Gasteiger partial charge in [-0.1, -0.05) is 5.21 Å². The van der Waals surface area contributed by atoms with Gasteiger partial charge in [0.1, 0.15) is 0 Å². The third-order valence-corrected chi connectivity index (χ3v) is 5.36. The number of amides is 1. The van der Waals surface area contributed by atoms with Crippen molar-refractivity contribution in [1.82, 2.24) is 25.6 Å². The number of carbonyl (C=O) groups excluding carboxylic acids is 1. The van der Waals surface area contributed by atoms with Crippen LogP contribution in [0.3, 0.4) is 0 Å². The van der Waals surface area contributed by atoms with E-state index in [0.29, 0.717) is 17.2 Å². The van der Waals surface area contributed by atoms with Crippen molar-refractivity contribution >= 4 is 5.91 Å². The Hall–Kier alpha value is -1.43. The fourth-order valence-corrected chi connectivity index (χ4v) is 3.56. The van der Waals surface area contributed by atoms with E-state index in [-0.39, 0.29) is 5.91 Å². The lowest BCUT2D eigenvalue weighted by atomic mass is 10.0. The Morgan fingerprint density at radius 2 is 2.10 bits per heavy atom. The maximum atomic E-state index is 12.2. The largest absolute Gasteiger partial charge is 0.350 e. The molecule has 0 aromatic carbocycles. The van der Waals surface area contributed by atoms with Crippen LogP contribution in [0.15, 0.2) is 6.20 Å². The number of carbonyl (C=O) groups is 1. The summed E-state index contributed by atoms with van der Waals surface area (Å²) in [6, 6.07) is 0.376. The molecule has 0 bridgehead atoms. The molecule has 0 unspecified atom stereocenters. The molecular weight excluding hydrogens is 266 g/mol. The smallest absolute Gasteiger partial charge is 0.273 e. The van der Waals surface area contributed by atoms with Gasteiger partial charge in [-0.25, -0.2) is 4.68 Å². The van der Waals surface area contributed by atoms with Crippen LogP contribution in [0.1, 0.15) is 55.1 Å².